The number of nitrogens with zero attached hydrogens (tertiary/aromatic N) is 1. The lowest BCUT2D eigenvalue weighted by Crippen LogP contribution is -2.13. The number of hydrogen-bond acceptors (Lipinski definition) is 3. The summed E-state index contributed by atoms with van der Waals surface area (Å²) in [5, 5.41) is 2.09. The average molecular weight is 366 g/mol. The van der Waals surface area contributed by atoms with Crippen LogP contribution in [0.4, 0.5) is 0 Å². The minimum atomic E-state index is -0.276. The highest BCUT2D eigenvalue weighted by Gasteiger charge is 2.16. The van der Waals surface area contributed by atoms with E-state index in [0.717, 1.165) is 17.5 Å². The number of aryl methyl sites for hydroxylation is 2. The molecule has 0 aliphatic heterocycles. The van der Waals surface area contributed by atoms with Crippen molar-refractivity contribution in [1.29, 1.82) is 0 Å². The molecule has 110 valence electrons. The molecule has 2 aromatic heterocycles. The van der Waals surface area contributed by atoms with Crippen LogP contribution in [0.5, 0.6) is 0 Å². The summed E-state index contributed by atoms with van der Waals surface area (Å²) >= 11 is 5.48. The zero-order valence-electron chi connectivity index (χ0n) is 11.9. The van der Waals surface area contributed by atoms with Crippen LogP contribution in [0.3, 0.4) is 0 Å². The fourth-order valence-corrected chi connectivity index (χ4v) is 4.37. The summed E-state index contributed by atoms with van der Waals surface area (Å²) in [5.74, 6) is -0.276. The number of fused-ring (bicyclic) bond motifs is 1. The molecule has 1 aromatic carbocycles. The third kappa shape index (κ3) is 2.60. The molecule has 1 atom stereocenters. The van der Waals surface area contributed by atoms with Gasteiger partial charge in [-0.2, -0.15) is 0 Å². The fraction of sp³-hybridized carbons (Fsp3) is 0.312. The average Bonchev–Trinajstić information content (AvgIpc) is 3.02. The quantitative estimate of drug-likeness (QED) is 0.618. The molecule has 0 radical (unpaired) electrons. The van der Waals surface area contributed by atoms with Gasteiger partial charge in [-0.25, -0.2) is 4.79 Å². The van der Waals surface area contributed by atoms with E-state index in [2.05, 4.69) is 40.4 Å². The van der Waals surface area contributed by atoms with Gasteiger partial charge in [0.05, 0.1) is 10.3 Å². The Morgan fingerprint density at radius 3 is 2.86 bits per heavy atom. The largest absolute Gasteiger partial charge is 0.419 e. The summed E-state index contributed by atoms with van der Waals surface area (Å²) in [5.41, 5.74) is 3.90. The number of halogens is 1. The second-order valence-electron chi connectivity index (χ2n) is 5.08. The van der Waals surface area contributed by atoms with Gasteiger partial charge in [-0.15, -0.1) is 11.3 Å². The summed E-state index contributed by atoms with van der Waals surface area (Å²) in [6.07, 6.45) is 0.908. The number of benzene rings is 1. The lowest BCUT2D eigenvalue weighted by Gasteiger charge is -2.09. The fourth-order valence-electron chi connectivity index (χ4n) is 2.47. The lowest BCUT2D eigenvalue weighted by atomic mass is 10.1. The maximum Gasteiger partial charge on any atom is 0.419 e. The number of oxazole rings is 1. The molecule has 3 rings (SSSR count). The normalized spacial score (nSPS) is 12.9. The van der Waals surface area contributed by atoms with Gasteiger partial charge in [-0.05, 0) is 48.1 Å². The zero-order chi connectivity index (χ0) is 15.0. The zero-order valence-corrected chi connectivity index (χ0v) is 14.3. The van der Waals surface area contributed by atoms with Crippen LogP contribution < -0.4 is 5.76 Å². The van der Waals surface area contributed by atoms with E-state index in [0.29, 0.717) is 12.1 Å². The van der Waals surface area contributed by atoms with Crippen LogP contribution in [-0.4, -0.2) is 4.57 Å². The molecule has 0 saturated heterocycles. The van der Waals surface area contributed by atoms with Gasteiger partial charge >= 0.3 is 5.76 Å². The molecule has 0 aliphatic rings. The van der Waals surface area contributed by atoms with E-state index in [9.17, 15) is 4.79 Å². The van der Waals surface area contributed by atoms with Crippen molar-refractivity contribution in [2.75, 3.05) is 0 Å². The first-order chi connectivity index (χ1) is 10.1. The highest BCUT2D eigenvalue weighted by atomic mass is 79.9. The maximum atomic E-state index is 11.9. The number of rotatable bonds is 4. The molecular weight excluding hydrogens is 350 g/mol. The van der Waals surface area contributed by atoms with Crippen LogP contribution in [-0.2, 0) is 6.54 Å². The number of hydrogen-bond donors (Lipinski definition) is 0. The molecule has 5 heteroatoms. The van der Waals surface area contributed by atoms with Crippen molar-refractivity contribution < 1.29 is 4.42 Å². The van der Waals surface area contributed by atoms with Gasteiger partial charge < -0.3 is 4.42 Å². The first-order valence-corrected chi connectivity index (χ1v) is 8.72. The van der Waals surface area contributed by atoms with E-state index in [1.165, 1.54) is 10.4 Å². The summed E-state index contributed by atoms with van der Waals surface area (Å²) in [4.78, 5) is 13.3. The van der Waals surface area contributed by atoms with Crippen molar-refractivity contribution in [3.8, 4) is 0 Å². The van der Waals surface area contributed by atoms with Gasteiger partial charge in [0.25, 0.3) is 0 Å². The van der Waals surface area contributed by atoms with Gasteiger partial charge in [0, 0.05) is 11.4 Å². The monoisotopic (exact) mass is 365 g/mol. The van der Waals surface area contributed by atoms with Crippen molar-refractivity contribution in [2.45, 2.75) is 31.6 Å². The minimum Gasteiger partial charge on any atom is -0.408 e. The summed E-state index contributed by atoms with van der Waals surface area (Å²) in [6, 6.07) is 8.11. The Hall–Kier alpha value is -1.33. The van der Waals surface area contributed by atoms with E-state index >= 15 is 0 Å². The molecule has 0 N–H and O–H groups in total. The van der Waals surface area contributed by atoms with Crippen molar-refractivity contribution >= 4 is 38.4 Å². The predicted octanol–water partition coefficient (Wildman–Crippen LogP) is 4.86. The molecule has 3 nitrogen and oxygen atoms in total. The molecule has 3 aromatic rings. The van der Waals surface area contributed by atoms with Crippen molar-refractivity contribution in [3.05, 3.63) is 56.2 Å². The van der Waals surface area contributed by atoms with Gasteiger partial charge in [0.2, 0.25) is 0 Å². The van der Waals surface area contributed by atoms with E-state index < -0.39 is 0 Å². The SMILES string of the molecule is CCCn1c(=O)oc2cc(C(Br)c3sccc3C)ccc21. The van der Waals surface area contributed by atoms with E-state index in [1.807, 2.05) is 19.1 Å². The molecule has 0 saturated carbocycles. The Kier molecular flexibility index (Phi) is 4.04. The van der Waals surface area contributed by atoms with Crippen LogP contribution in [0, 0.1) is 6.92 Å². The van der Waals surface area contributed by atoms with Crippen LogP contribution >= 0.6 is 27.3 Å². The third-order valence-electron chi connectivity index (χ3n) is 3.56. The Morgan fingerprint density at radius 1 is 1.38 bits per heavy atom. The Balaban J connectivity index is 2.06. The van der Waals surface area contributed by atoms with Gasteiger partial charge in [0.15, 0.2) is 5.58 Å². The van der Waals surface area contributed by atoms with Gasteiger partial charge in [0.1, 0.15) is 0 Å². The summed E-state index contributed by atoms with van der Waals surface area (Å²) in [7, 11) is 0. The van der Waals surface area contributed by atoms with Crippen LogP contribution in [0.1, 0.15) is 34.2 Å². The molecule has 0 amide bonds. The Morgan fingerprint density at radius 2 is 2.19 bits per heavy atom. The Bertz CT molecular complexity index is 830. The molecule has 1 unspecified atom stereocenters. The predicted molar refractivity (Wildman–Crippen MR) is 90.6 cm³/mol. The number of thiophene rings is 1. The highest BCUT2D eigenvalue weighted by Crippen LogP contribution is 2.37. The van der Waals surface area contributed by atoms with Crippen molar-refractivity contribution in [2.24, 2.45) is 0 Å². The molecule has 0 fully saturated rings. The summed E-state index contributed by atoms with van der Waals surface area (Å²) < 4.78 is 7.07. The lowest BCUT2D eigenvalue weighted by molar-refractivity contribution is 0.502. The van der Waals surface area contributed by atoms with Crippen LogP contribution in [0.25, 0.3) is 11.1 Å². The smallest absolute Gasteiger partial charge is 0.408 e. The number of aromatic nitrogens is 1. The van der Waals surface area contributed by atoms with E-state index in [1.54, 1.807) is 15.9 Å². The molecule has 2 heterocycles. The van der Waals surface area contributed by atoms with Crippen molar-refractivity contribution in [3.63, 3.8) is 0 Å². The van der Waals surface area contributed by atoms with Crippen LogP contribution in [0.15, 0.2) is 38.9 Å². The first kappa shape index (κ1) is 14.6. The first-order valence-electron chi connectivity index (χ1n) is 6.93. The van der Waals surface area contributed by atoms with E-state index in [-0.39, 0.29) is 10.6 Å². The summed E-state index contributed by atoms with van der Waals surface area (Å²) in [6.45, 7) is 4.84. The molecule has 0 spiro atoms. The molecule has 21 heavy (non-hydrogen) atoms. The molecule has 0 aliphatic carbocycles. The van der Waals surface area contributed by atoms with Gasteiger partial charge in [-0.3, -0.25) is 4.57 Å². The highest BCUT2D eigenvalue weighted by molar-refractivity contribution is 9.09. The third-order valence-corrected chi connectivity index (χ3v) is 5.94. The minimum absolute atomic E-state index is 0.127. The van der Waals surface area contributed by atoms with Crippen molar-refractivity contribution in [1.82, 2.24) is 4.57 Å². The topological polar surface area (TPSA) is 35.1 Å². The molecular formula is C16H16BrNO2S. The second kappa shape index (κ2) is 5.81. The standard InChI is InChI=1S/C16H16BrNO2S/c1-3-7-18-12-5-4-11(9-13(12)20-16(18)19)14(17)15-10(2)6-8-21-15/h4-6,8-9,14H,3,7H2,1-2H3. The number of alkyl halides is 1. The molecule has 0 bridgehead atoms. The van der Waals surface area contributed by atoms with Gasteiger partial charge in [-0.1, -0.05) is 28.9 Å². The van der Waals surface area contributed by atoms with E-state index in [4.69, 9.17) is 4.42 Å². The van der Waals surface area contributed by atoms with Crippen LogP contribution in [0.2, 0.25) is 0 Å². The maximum absolute atomic E-state index is 11.9. The second-order valence-corrected chi connectivity index (χ2v) is 6.94. The Labute approximate surface area is 135 Å².